The van der Waals surface area contributed by atoms with E-state index in [1.165, 1.54) is 34.2 Å². The van der Waals surface area contributed by atoms with Crippen LogP contribution in [0.1, 0.15) is 95.8 Å². The summed E-state index contributed by atoms with van der Waals surface area (Å²) in [7, 11) is 0. The van der Waals surface area contributed by atoms with E-state index in [-0.39, 0.29) is 21.1 Å². The summed E-state index contributed by atoms with van der Waals surface area (Å²) in [4.78, 5) is 0. The molecule has 0 saturated heterocycles. The van der Waals surface area contributed by atoms with Crippen LogP contribution >= 0.6 is 0 Å². The van der Waals surface area contributed by atoms with E-state index in [9.17, 15) is 0 Å². The molecule has 0 nitrogen and oxygen atoms in total. The zero-order valence-corrected chi connectivity index (χ0v) is 19.9. The molecule has 2 rings (SSSR count). The van der Waals surface area contributed by atoms with Crippen LogP contribution in [0.4, 0.5) is 0 Å². The Balaban J connectivity index is 0.00000113. The van der Waals surface area contributed by atoms with Crippen LogP contribution in [0.2, 0.25) is 0 Å². The average Bonchev–Trinajstić information content (AvgIpc) is 2.61. The number of hydrogen-bond acceptors (Lipinski definition) is 0. The Hall–Kier alpha value is -0.872. The first-order valence-electron chi connectivity index (χ1n) is 9.77. The van der Waals surface area contributed by atoms with Crippen molar-refractivity contribution in [3.63, 3.8) is 0 Å². The fourth-order valence-electron chi connectivity index (χ4n) is 2.82. The van der Waals surface area contributed by atoms with Gasteiger partial charge in [-0.2, -0.15) is 6.42 Å². The predicted octanol–water partition coefficient (Wildman–Crippen LogP) is 8.14. The van der Waals surface area contributed by atoms with Crippen LogP contribution in [0.25, 0.3) is 11.1 Å². The van der Waals surface area contributed by atoms with Gasteiger partial charge in [0.2, 0.25) is 0 Å². The van der Waals surface area contributed by atoms with Crippen molar-refractivity contribution in [1.82, 2.24) is 0 Å². The van der Waals surface area contributed by atoms with Crippen molar-refractivity contribution in [1.29, 1.82) is 0 Å². The number of rotatable bonds is 5. The molecule has 0 aliphatic heterocycles. The first-order valence-corrected chi connectivity index (χ1v) is 9.77. The van der Waals surface area contributed by atoms with Crippen molar-refractivity contribution in [3.05, 3.63) is 66.1 Å². The minimum absolute atomic E-state index is 0. The standard InChI is InChI=1S/C21H27.C4H9.Pt/c1-14(2)18-12-19(15(3)4)21(20(13-18)16(5)6)17-10-8-7-9-11-17;1-3-4-2;/h7-10,12-16H,1-6H3;1,3-4H2,2H3;/q2*-1;+2. The summed E-state index contributed by atoms with van der Waals surface area (Å²) in [5.41, 5.74) is 6.96. The zero-order chi connectivity index (χ0) is 19.0. The first-order chi connectivity index (χ1) is 11.8. The Kier molecular flexibility index (Phi) is 12.1. The smallest absolute Gasteiger partial charge is 0.343 e. The SMILES string of the molecule is CC(C)c1cc(C(C)C)c(-c2[c-]cccc2)c(C(C)C)c1.[CH2-]CCC.[Pt+2]. The van der Waals surface area contributed by atoms with Crippen LogP contribution in [0.5, 0.6) is 0 Å². The van der Waals surface area contributed by atoms with Crippen molar-refractivity contribution in [2.75, 3.05) is 0 Å². The fraction of sp³-hybridized carbons (Fsp3) is 0.480. The maximum Gasteiger partial charge on any atom is 2.00 e. The van der Waals surface area contributed by atoms with E-state index in [0.29, 0.717) is 17.8 Å². The molecule has 0 N–H and O–H groups in total. The summed E-state index contributed by atoms with van der Waals surface area (Å²) >= 11 is 0. The Bertz CT molecular complexity index is 593. The molecule has 0 aliphatic rings. The Labute approximate surface area is 177 Å². The van der Waals surface area contributed by atoms with Crippen molar-refractivity contribution >= 4 is 0 Å². The van der Waals surface area contributed by atoms with Gasteiger partial charge in [-0.1, -0.05) is 83.7 Å². The van der Waals surface area contributed by atoms with Gasteiger partial charge in [-0.05, 0) is 23.3 Å². The summed E-state index contributed by atoms with van der Waals surface area (Å²) in [6.07, 6.45) is 2.28. The Morgan fingerprint density at radius 1 is 0.885 bits per heavy atom. The normalized spacial score (nSPS) is 10.6. The molecular weight excluding hydrogens is 495 g/mol. The summed E-state index contributed by atoms with van der Waals surface area (Å²) in [5, 5.41) is 0. The molecular formula is C25H36Pt. The molecule has 0 radical (unpaired) electrons. The molecule has 1 heteroatoms. The minimum atomic E-state index is 0. The van der Waals surface area contributed by atoms with E-state index in [1.807, 2.05) is 12.1 Å². The second-order valence-electron chi connectivity index (χ2n) is 7.67. The summed E-state index contributed by atoms with van der Waals surface area (Å²) < 4.78 is 0. The second kappa shape index (κ2) is 12.5. The molecule has 2 aromatic rings. The van der Waals surface area contributed by atoms with E-state index in [4.69, 9.17) is 0 Å². The van der Waals surface area contributed by atoms with Gasteiger partial charge in [0, 0.05) is 0 Å². The molecule has 0 fully saturated rings. The largest absolute Gasteiger partial charge is 2.00 e. The van der Waals surface area contributed by atoms with Gasteiger partial charge in [0.1, 0.15) is 0 Å². The van der Waals surface area contributed by atoms with Crippen molar-refractivity contribution in [2.24, 2.45) is 0 Å². The van der Waals surface area contributed by atoms with Gasteiger partial charge in [-0.25, -0.2) is 0 Å². The number of hydrogen-bond donors (Lipinski definition) is 0. The van der Waals surface area contributed by atoms with Crippen molar-refractivity contribution in [3.8, 4) is 11.1 Å². The zero-order valence-electron chi connectivity index (χ0n) is 17.6. The molecule has 0 spiro atoms. The third-order valence-corrected chi connectivity index (χ3v) is 4.46. The number of benzene rings is 2. The maximum atomic E-state index is 3.60. The summed E-state index contributed by atoms with van der Waals surface area (Å²) in [6.45, 7) is 19.4. The van der Waals surface area contributed by atoms with Crippen molar-refractivity contribution in [2.45, 2.75) is 79.1 Å². The molecule has 146 valence electrons. The molecule has 0 amide bonds. The van der Waals surface area contributed by atoms with Crippen LogP contribution < -0.4 is 0 Å². The van der Waals surface area contributed by atoms with Crippen LogP contribution in [0.3, 0.4) is 0 Å². The first kappa shape index (κ1) is 25.1. The quantitative estimate of drug-likeness (QED) is 0.342. The molecule has 0 saturated carbocycles. The second-order valence-corrected chi connectivity index (χ2v) is 7.67. The molecule has 0 atom stereocenters. The molecule has 0 bridgehead atoms. The molecule has 0 unspecified atom stereocenters. The Morgan fingerprint density at radius 3 is 1.69 bits per heavy atom. The van der Waals surface area contributed by atoms with Gasteiger partial charge < -0.3 is 6.92 Å². The van der Waals surface area contributed by atoms with Crippen LogP contribution in [-0.4, -0.2) is 0 Å². The van der Waals surface area contributed by atoms with Crippen LogP contribution in [0.15, 0.2) is 36.4 Å². The third-order valence-electron chi connectivity index (χ3n) is 4.46. The summed E-state index contributed by atoms with van der Waals surface area (Å²) in [5.74, 6) is 1.60. The molecule has 26 heavy (non-hydrogen) atoms. The monoisotopic (exact) mass is 531 g/mol. The van der Waals surface area contributed by atoms with Crippen LogP contribution in [-0.2, 0) is 21.1 Å². The average molecular weight is 532 g/mol. The topological polar surface area (TPSA) is 0 Å². The Morgan fingerprint density at radius 2 is 1.38 bits per heavy atom. The van der Waals surface area contributed by atoms with E-state index in [2.05, 4.69) is 85.7 Å². The van der Waals surface area contributed by atoms with E-state index < -0.39 is 0 Å². The third kappa shape index (κ3) is 7.03. The molecule has 0 aromatic heterocycles. The van der Waals surface area contributed by atoms with E-state index in [0.717, 1.165) is 6.42 Å². The van der Waals surface area contributed by atoms with Gasteiger partial charge in [-0.3, -0.25) is 0 Å². The minimum Gasteiger partial charge on any atom is -0.343 e. The number of unbranched alkanes of at least 4 members (excludes halogenated alkanes) is 1. The van der Waals surface area contributed by atoms with Gasteiger partial charge in [0.25, 0.3) is 0 Å². The van der Waals surface area contributed by atoms with Gasteiger partial charge in [0.15, 0.2) is 0 Å². The van der Waals surface area contributed by atoms with Gasteiger partial charge >= 0.3 is 21.1 Å². The van der Waals surface area contributed by atoms with Crippen LogP contribution in [0, 0.1) is 13.0 Å². The predicted molar refractivity (Wildman–Crippen MR) is 113 cm³/mol. The molecule has 0 aliphatic carbocycles. The maximum absolute atomic E-state index is 3.60. The van der Waals surface area contributed by atoms with Gasteiger partial charge in [-0.15, -0.1) is 35.9 Å². The summed E-state index contributed by atoms with van der Waals surface area (Å²) in [6, 6.07) is 16.6. The van der Waals surface area contributed by atoms with Gasteiger partial charge in [0.05, 0.1) is 0 Å². The molecule has 2 aromatic carbocycles. The van der Waals surface area contributed by atoms with E-state index in [1.54, 1.807) is 0 Å². The van der Waals surface area contributed by atoms with Crippen molar-refractivity contribution < 1.29 is 21.1 Å². The van der Waals surface area contributed by atoms with E-state index >= 15 is 0 Å². The fourth-order valence-corrected chi connectivity index (χ4v) is 2.82. The molecule has 0 heterocycles.